The summed E-state index contributed by atoms with van der Waals surface area (Å²) < 4.78 is 0. The maximum atomic E-state index is 12.6. The Hall–Kier alpha value is -2.31. The molecule has 3 fully saturated rings. The number of rotatable bonds is 4. The minimum absolute atomic E-state index is 0.0100. The van der Waals surface area contributed by atoms with Gasteiger partial charge in [-0.25, -0.2) is 9.78 Å². The maximum Gasteiger partial charge on any atom is 0.317 e. The predicted octanol–water partition coefficient (Wildman–Crippen LogP) is 2.01. The number of pyridine rings is 1. The molecule has 1 aromatic rings. The first-order chi connectivity index (χ1) is 13.6. The van der Waals surface area contributed by atoms with E-state index < -0.39 is 0 Å². The van der Waals surface area contributed by atoms with Crippen LogP contribution in [0.15, 0.2) is 18.3 Å². The lowest BCUT2D eigenvalue weighted by atomic mass is 10.1. The molecule has 3 amide bonds. The summed E-state index contributed by atoms with van der Waals surface area (Å²) in [6.07, 6.45) is 7.15. The largest absolute Gasteiger partial charge is 0.353 e. The van der Waals surface area contributed by atoms with Crippen molar-refractivity contribution in [2.75, 3.05) is 44.2 Å². The molecule has 1 aromatic heterocycles. The lowest BCUT2D eigenvalue weighted by Gasteiger charge is -2.36. The number of nitrogens with zero attached hydrogens (tertiary/aromatic N) is 4. The fourth-order valence-electron chi connectivity index (χ4n) is 4.79. The van der Waals surface area contributed by atoms with Crippen molar-refractivity contribution in [3.8, 4) is 0 Å². The van der Waals surface area contributed by atoms with Crippen LogP contribution in [0.3, 0.4) is 0 Å². The van der Waals surface area contributed by atoms with Crippen LogP contribution in [0.25, 0.3) is 0 Å². The van der Waals surface area contributed by atoms with Gasteiger partial charge in [-0.1, -0.05) is 18.9 Å². The van der Waals surface area contributed by atoms with Crippen molar-refractivity contribution < 1.29 is 9.59 Å². The van der Waals surface area contributed by atoms with Crippen molar-refractivity contribution in [2.24, 2.45) is 5.92 Å². The van der Waals surface area contributed by atoms with Crippen LogP contribution in [0, 0.1) is 12.8 Å². The van der Waals surface area contributed by atoms with Gasteiger partial charge in [0.05, 0.1) is 0 Å². The van der Waals surface area contributed by atoms with Crippen LogP contribution in [-0.2, 0) is 4.79 Å². The van der Waals surface area contributed by atoms with Crippen LogP contribution >= 0.6 is 0 Å². The second-order valence-electron chi connectivity index (χ2n) is 8.36. The molecule has 28 heavy (non-hydrogen) atoms. The Kier molecular flexibility index (Phi) is 5.69. The summed E-state index contributed by atoms with van der Waals surface area (Å²) in [5, 5.41) is 3.07. The minimum Gasteiger partial charge on any atom is -0.353 e. The number of anilines is 1. The van der Waals surface area contributed by atoms with Gasteiger partial charge >= 0.3 is 6.03 Å². The topological polar surface area (TPSA) is 68.8 Å². The van der Waals surface area contributed by atoms with Gasteiger partial charge in [-0.15, -0.1) is 0 Å². The van der Waals surface area contributed by atoms with Crippen molar-refractivity contribution in [3.05, 3.63) is 23.9 Å². The molecule has 7 nitrogen and oxygen atoms in total. The van der Waals surface area contributed by atoms with E-state index in [0.717, 1.165) is 43.9 Å². The highest BCUT2D eigenvalue weighted by atomic mass is 16.2. The minimum atomic E-state index is -0.0100. The summed E-state index contributed by atoms with van der Waals surface area (Å²) in [4.78, 5) is 35.5. The first-order valence-electron chi connectivity index (χ1n) is 10.6. The Labute approximate surface area is 167 Å². The Balaban J connectivity index is 1.22. The molecule has 3 aliphatic rings. The lowest BCUT2D eigenvalue weighted by Crippen LogP contribution is -2.52. The molecule has 0 bridgehead atoms. The Bertz CT molecular complexity index is 711. The van der Waals surface area contributed by atoms with E-state index in [0.29, 0.717) is 32.1 Å². The van der Waals surface area contributed by atoms with Gasteiger partial charge in [-0.3, -0.25) is 4.79 Å². The molecule has 2 saturated heterocycles. The normalized spacial score (nSPS) is 23.5. The van der Waals surface area contributed by atoms with Crippen LogP contribution in [0.2, 0.25) is 0 Å². The predicted molar refractivity (Wildman–Crippen MR) is 108 cm³/mol. The second kappa shape index (κ2) is 8.37. The zero-order valence-corrected chi connectivity index (χ0v) is 16.8. The Morgan fingerprint density at radius 3 is 2.68 bits per heavy atom. The van der Waals surface area contributed by atoms with Crippen LogP contribution in [0.4, 0.5) is 10.6 Å². The first-order valence-corrected chi connectivity index (χ1v) is 10.6. The number of amides is 3. The number of carbonyl (C=O) groups excluding carboxylic acids is 2. The van der Waals surface area contributed by atoms with Crippen LogP contribution in [-0.4, -0.2) is 72.0 Å². The van der Waals surface area contributed by atoms with Gasteiger partial charge in [0.1, 0.15) is 5.82 Å². The fourth-order valence-corrected chi connectivity index (χ4v) is 4.79. The van der Waals surface area contributed by atoms with E-state index in [9.17, 15) is 9.59 Å². The molecule has 1 N–H and O–H groups in total. The van der Waals surface area contributed by atoms with Crippen LogP contribution in [0.5, 0.6) is 0 Å². The quantitative estimate of drug-likeness (QED) is 0.861. The molecule has 4 rings (SSSR count). The molecule has 1 saturated carbocycles. The number of piperazine rings is 1. The molecule has 0 radical (unpaired) electrons. The summed E-state index contributed by atoms with van der Waals surface area (Å²) >= 11 is 0. The molecule has 7 heteroatoms. The number of nitrogens with one attached hydrogen (secondary N) is 1. The van der Waals surface area contributed by atoms with E-state index in [4.69, 9.17) is 0 Å². The average Bonchev–Trinajstić information content (AvgIpc) is 3.36. The number of hydrogen-bond acceptors (Lipinski definition) is 4. The third-order valence-electron chi connectivity index (χ3n) is 6.39. The van der Waals surface area contributed by atoms with Gasteiger partial charge in [0.15, 0.2) is 0 Å². The summed E-state index contributed by atoms with van der Waals surface area (Å²) in [5.41, 5.74) is 1.16. The highest BCUT2D eigenvalue weighted by Crippen LogP contribution is 2.29. The van der Waals surface area contributed by atoms with Gasteiger partial charge in [0.25, 0.3) is 0 Å². The maximum absolute atomic E-state index is 12.6. The number of hydrogen-bond donors (Lipinski definition) is 1. The number of urea groups is 1. The van der Waals surface area contributed by atoms with Gasteiger partial charge in [0.2, 0.25) is 5.91 Å². The first kappa shape index (κ1) is 19.0. The third kappa shape index (κ3) is 4.08. The second-order valence-corrected chi connectivity index (χ2v) is 8.36. The lowest BCUT2D eigenvalue weighted by molar-refractivity contribution is -0.129. The van der Waals surface area contributed by atoms with Crippen LogP contribution < -0.4 is 10.2 Å². The van der Waals surface area contributed by atoms with E-state index in [1.54, 1.807) is 0 Å². The van der Waals surface area contributed by atoms with Crippen molar-refractivity contribution >= 4 is 17.8 Å². The number of likely N-dealkylation sites (tertiary alicyclic amines) is 1. The molecule has 1 aliphatic carbocycles. The molecule has 1 atom stereocenters. The van der Waals surface area contributed by atoms with Crippen LogP contribution in [0.1, 0.15) is 37.7 Å². The number of carbonyl (C=O) groups is 2. The van der Waals surface area contributed by atoms with Gasteiger partial charge in [0, 0.05) is 63.8 Å². The summed E-state index contributed by atoms with van der Waals surface area (Å²) in [6, 6.07) is 4.45. The smallest absolute Gasteiger partial charge is 0.317 e. The summed E-state index contributed by atoms with van der Waals surface area (Å²) in [5.74, 6) is 1.53. The van der Waals surface area contributed by atoms with Crippen molar-refractivity contribution in [3.63, 3.8) is 0 Å². The van der Waals surface area contributed by atoms with Gasteiger partial charge < -0.3 is 20.0 Å². The standard InChI is InChI=1S/C21H31N5O2/c1-16-5-4-8-22-20(16)24-9-11-25(12-10-24)21(28)23-14-17-13-19(27)26(15-17)18-6-2-3-7-18/h4-5,8,17-18H,2-3,6-7,9-15H2,1H3,(H,23,28)/t17-/m0/s1. The molecular formula is C21H31N5O2. The number of aryl methyl sites for hydroxylation is 1. The highest BCUT2D eigenvalue weighted by molar-refractivity contribution is 5.79. The number of aromatic nitrogens is 1. The van der Waals surface area contributed by atoms with Gasteiger partial charge in [-0.05, 0) is 31.4 Å². The molecule has 0 spiro atoms. The molecule has 0 aromatic carbocycles. The summed E-state index contributed by atoms with van der Waals surface area (Å²) in [6.45, 7) is 6.44. The average molecular weight is 386 g/mol. The molecular weight excluding hydrogens is 354 g/mol. The zero-order chi connectivity index (χ0) is 19.5. The fraction of sp³-hybridized carbons (Fsp3) is 0.667. The molecule has 2 aliphatic heterocycles. The van der Waals surface area contributed by atoms with Crippen molar-refractivity contribution in [1.29, 1.82) is 0 Å². The van der Waals surface area contributed by atoms with E-state index in [1.165, 1.54) is 12.8 Å². The van der Waals surface area contributed by atoms with E-state index >= 15 is 0 Å². The Morgan fingerprint density at radius 2 is 1.96 bits per heavy atom. The van der Waals surface area contributed by atoms with E-state index in [1.807, 2.05) is 17.2 Å². The SMILES string of the molecule is Cc1cccnc1N1CCN(C(=O)NC[C@@H]2CC(=O)N(C3CCCC3)C2)CC1. The van der Waals surface area contributed by atoms with Crippen molar-refractivity contribution in [2.45, 2.75) is 45.1 Å². The zero-order valence-electron chi connectivity index (χ0n) is 16.8. The van der Waals surface area contributed by atoms with E-state index in [2.05, 4.69) is 33.1 Å². The van der Waals surface area contributed by atoms with E-state index in [-0.39, 0.29) is 17.9 Å². The third-order valence-corrected chi connectivity index (χ3v) is 6.39. The highest BCUT2D eigenvalue weighted by Gasteiger charge is 2.35. The van der Waals surface area contributed by atoms with Gasteiger partial charge in [-0.2, -0.15) is 0 Å². The Morgan fingerprint density at radius 1 is 1.21 bits per heavy atom. The molecule has 0 unspecified atom stereocenters. The molecule has 152 valence electrons. The molecule has 3 heterocycles. The monoisotopic (exact) mass is 385 g/mol. The van der Waals surface area contributed by atoms with Crippen molar-refractivity contribution in [1.82, 2.24) is 20.1 Å². The summed E-state index contributed by atoms with van der Waals surface area (Å²) in [7, 11) is 0.